The van der Waals surface area contributed by atoms with Gasteiger partial charge in [0.1, 0.15) is 0 Å². The van der Waals surface area contributed by atoms with E-state index in [4.69, 9.17) is 17.3 Å². The molecule has 0 unspecified atom stereocenters. The summed E-state index contributed by atoms with van der Waals surface area (Å²) in [5.41, 5.74) is 10.9. The van der Waals surface area contributed by atoms with Gasteiger partial charge in [-0.05, 0) is 61.4 Å². The molecule has 0 bridgehead atoms. The van der Waals surface area contributed by atoms with E-state index >= 15 is 0 Å². The van der Waals surface area contributed by atoms with Crippen molar-refractivity contribution < 1.29 is 0 Å². The fourth-order valence-corrected chi connectivity index (χ4v) is 1.97. The topological polar surface area (TPSA) is 38.0 Å². The molecule has 0 radical (unpaired) electrons. The van der Waals surface area contributed by atoms with E-state index in [-0.39, 0.29) is 0 Å². The number of nitrogens with one attached hydrogen (secondary N) is 1. The zero-order valence-electron chi connectivity index (χ0n) is 9.92. The van der Waals surface area contributed by atoms with Crippen molar-refractivity contribution in [2.24, 2.45) is 0 Å². The number of benzene rings is 2. The molecule has 2 aromatic carbocycles. The minimum Gasteiger partial charge on any atom is -0.399 e. The predicted octanol–water partition coefficient (Wildman–Crippen LogP) is 4.28. The molecule has 0 heterocycles. The standard InChI is InChI=1S/C14H15ClN2/c1-9-7-11(15)3-5-13(9)17-14-6-4-12(16)8-10(14)2/h3-8,17H,16H2,1-2H3. The smallest absolute Gasteiger partial charge is 0.0415 e. The minimum absolute atomic E-state index is 0.752. The highest BCUT2D eigenvalue weighted by molar-refractivity contribution is 6.30. The number of hydrogen-bond donors (Lipinski definition) is 2. The third kappa shape index (κ3) is 2.71. The van der Waals surface area contributed by atoms with E-state index in [0.29, 0.717) is 0 Å². The maximum absolute atomic E-state index is 5.93. The number of halogens is 1. The lowest BCUT2D eigenvalue weighted by Gasteiger charge is -2.12. The van der Waals surface area contributed by atoms with Crippen molar-refractivity contribution >= 4 is 28.7 Å². The van der Waals surface area contributed by atoms with Crippen molar-refractivity contribution in [1.82, 2.24) is 0 Å². The zero-order valence-corrected chi connectivity index (χ0v) is 10.7. The largest absolute Gasteiger partial charge is 0.399 e. The Morgan fingerprint density at radius 3 is 2.12 bits per heavy atom. The third-order valence-electron chi connectivity index (χ3n) is 2.71. The van der Waals surface area contributed by atoms with Crippen molar-refractivity contribution in [3.05, 3.63) is 52.5 Å². The Morgan fingerprint density at radius 1 is 0.941 bits per heavy atom. The van der Waals surface area contributed by atoms with Gasteiger partial charge in [0.25, 0.3) is 0 Å². The molecule has 0 spiro atoms. The van der Waals surface area contributed by atoms with E-state index in [0.717, 1.165) is 33.2 Å². The number of nitrogen functional groups attached to an aromatic ring is 1. The number of hydrogen-bond acceptors (Lipinski definition) is 2. The second kappa shape index (κ2) is 4.68. The van der Waals surface area contributed by atoms with E-state index in [1.807, 2.05) is 50.2 Å². The summed E-state index contributed by atoms with van der Waals surface area (Å²) >= 11 is 5.93. The van der Waals surface area contributed by atoms with Crippen LogP contribution in [0.15, 0.2) is 36.4 Å². The zero-order chi connectivity index (χ0) is 12.4. The summed E-state index contributed by atoms with van der Waals surface area (Å²) in [5.74, 6) is 0. The van der Waals surface area contributed by atoms with Crippen LogP contribution in [0.3, 0.4) is 0 Å². The summed E-state index contributed by atoms with van der Waals surface area (Å²) in [4.78, 5) is 0. The number of aryl methyl sites for hydroxylation is 2. The lowest BCUT2D eigenvalue weighted by molar-refractivity contribution is 1.39. The first-order valence-electron chi connectivity index (χ1n) is 5.45. The van der Waals surface area contributed by atoms with Gasteiger partial charge in [0, 0.05) is 22.1 Å². The van der Waals surface area contributed by atoms with Crippen LogP contribution in [0, 0.1) is 13.8 Å². The molecule has 2 aromatic rings. The molecule has 3 heteroatoms. The van der Waals surface area contributed by atoms with Crippen LogP contribution in [0.2, 0.25) is 5.02 Å². The summed E-state index contributed by atoms with van der Waals surface area (Å²) in [6.07, 6.45) is 0. The third-order valence-corrected chi connectivity index (χ3v) is 2.94. The molecule has 17 heavy (non-hydrogen) atoms. The quantitative estimate of drug-likeness (QED) is 0.776. The van der Waals surface area contributed by atoms with E-state index in [9.17, 15) is 0 Å². The summed E-state index contributed by atoms with van der Waals surface area (Å²) in [6.45, 7) is 4.06. The van der Waals surface area contributed by atoms with E-state index in [1.165, 1.54) is 0 Å². The second-order valence-electron chi connectivity index (χ2n) is 4.16. The maximum Gasteiger partial charge on any atom is 0.0415 e. The van der Waals surface area contributed by atoms with Crippen LogP contribution in [-0.4, -0.2) is 0 Å². The molecule has 0 aromatic heterocycles. The highest BCUT2D eigenvalue weighted by atomic mass is 35.5. The second-order valence-corrected chi connectivity index (χ2v) is 4.60. The van der Waals surface area contributed by atoms with Gasteiger partial charge in [-0.25, -0.2) is 0 Å². The maximum atomic E-state index is 5.93. The van der Waals surface area contributed by atoms with E-state index < -0.39 is 0 Å². The van der Waals surface area contributed by atoms with Crippen molar-refractivity contribution in [3.63, 3.8) is 0 Å². The Kier molecular flexibility index (Phi) is 3.25. The Bertz CT molecular complexity index is 500. The van der Waals surface area contributed by atoms with E-state index in [2.05, 4.69) is 5.32 Å². The molecule has 0 aliphatic heterocycles. The number of anilines is 3. The molecule has 0 atom stereocenters. The molecule has 0 saturated heterocycles. The van der Waals surface area contributed by atoms with Gasteiger partial charge in [-0.1, -0.05) is 11.6 Å². The van der Waals surface area contributed by atoms with Crippen molar-refractivity contribution in [2.75, 3.05) is 11.1 Å². The highest BCUT2D eigenvalue weighted by Crippen LogP contribution is 2.26. The average Bonchev–Trinajstić information content (AvgIpc) is 2.25. The van der Waals surface area contributed by atoms with Crippen LogP contribution in [-0.2, 0) is 0 Å². The average molecular weight is 247 g/mol. The van der Waals surface area contributed by atoms with Crippen LogP contribution in [0.4, 0.5) is 17.1 Å². The SMILES string of the molecule is Cc1cc(N)ccc1Nc1ccc(Cl)cc1C. The van der Waals surface area contributed by atoms with Gasteiger partial charge >= 0.3 is 0 Å². The van der Waals surface area contributed by atoms with Crippen molar-refractivity contribution in [2.45, 2.75) is 13.8 Å². The van der Waals surface area contributed by atoms with E-state index in [1.54, 1.807) is 0 Å². The number of rotatable bonds is 2. The normalized spacial score (nSPS) is 10.3. The number of nitrogens with two attached hydrogens (primary N) is 1. The summed E-state index contributed by atoms with van der Waals surface area (Å²) in [5, 5.41) is 4.13. The Labute approximate surface area is 106 Å². The van der Waals surface area contributed by atoms with Crippen LogP contribution < -0.4 is 11.1 Å². The van der Waals surface area contributed by atoms with Crippen LogP contribution >= 0.6 is 11.6 Å². The minimum atomic E-state index is 0.752. The van der Waals surface area contributed by atoms with Crippen molar-refractivity contribution in [3.8, 4) is 0 Å². The van der Waals surface area contributed by atoms with Crippen LogP contribution in [0.25, 0.3) is 0 Å². The molecule has 0 fully saturated rings. The van der Waals surface area contributed by atoms with Gasteiger partial charge in [-0.3, -0.25) is 0 Å². The summed E-state index contributed by atoms with van der Waals surface area (Å²) in [6, 6.07) is 11.6. The van der Waals surface area contributed by atoms with Gasteiger partial charge in [-0.2, -0.15) is 0 Å². The summed E-state index contributed by atoms with van der Waals surface area (Å²) in [7, 11) is 0. The molecular formula is C14H15ClN2. The van der Waals surface area contributed by atoms with Gasteiger partial charge in [0.05, 0.1) is 0 Å². The molecular weight excluding hydrogens is 232 g/mol. The van der Waals surface area contributed by atoms with Gasteiger partial charge in [0.2, 0.25) is 0 Å². The molecule has 2 rings (SSSR count). The first-order chi connectivity index (χ1) is 8.06. The molecule has 3 N–H and O–H groups in total. The fourth-order valence-electron chi connectivity index (χ4n) is 1.74. The van der Waals surface area contributed by atoms with Gasteiger partial charge < -0.3 is 11.1 Å². The fraction of sp³-hybridized carbons (Fsp3) is 0.143. The molecule has 88 valence electrons. The highest BCUT2D eigenvalue weighted by Gasteiger charge is 2.02. The Hall–Kier alpha value is -1.67. The molecule has 0 saturated carbocycles. The summed E-state index contributed by atoms with van der Waals surface area (Å²) < 4.78 is 0. The van der Waals surface area contributed by atoms with Crippen LogP contribution in [0.5, 0.6) is 0 Å². The van der Waals surface area contributed by atoms with Gasteiger partial charge in [0.15, 0.2) is 0 Å². The molecule has 2 nitrogen and oxygen atoms in total. The van der Waals surface area contributed by atoms with Crippen molar-refractivity contribution in [1.29, 1.82) is 0 Å². The predicted molar refractivity (Wildman–Crippen MR) is 75.1 cm³/mol. The Morgan fingerprint density at radius 2 is 1.53 bits per heavy atom. The van der Waals surface area contributed by atoms with Gasteiger partial charge in [-0.15, -0.1) is 0 Å². The lowest BCUT2D eigenvalue weighted by Crippen LogP contribution is -1.96. The lowest BCUT2D eigenvalue weighted by atomic mass is 10.1. The first kappa shape index (κ1) is 11.8. The molecule has 0 aliphatic carbocycles. The monoisotopic (exact) mass is 246 g/mol. The molecule has 0 aliphatic rings. The van der Waals surface area contributed by atoms with Crippen LogP contribution in [0.1, 0.15) is 11.1 Å². The Balaban J connectivity index is 2.31. The first-order valence-corrected chi connectivity index (χ1v) is 5.83. The molecule has 0 amide bonds.